The number of methoxy groups -OCH3 is 1. The van der Waals surface area contributed by atoms with Gasteiger partial charge < -0.3 is 23.9 Å². The Morgan fingerprint density at radius 2 is 1.71 bits per heavy atom. The first kappa shape index (κ1) is 32.3. The number of fused-ring (bicyclic) bond motifs is 3. The van der Waals surface area contributed by atoms with E-state index in [2.05, 4.69) is 30.1 Å². The number of hydrogen-bond donors (Lipinski definition) is 1. The second-order valence-electron chi connectivity index (χ2n) is 15.5. The number of anilines is 1. The maximum Gasteiger partial charge on any atom is 0.410 e. The molecule has 3 heterocycles. The number of benzene rings is 1. The van der Waals surface area contributed by atoms with Gasteiger partial charge in [-0.1, -0.05) is 12.1 Å². The third kappa shape index (κ3) is 6.33. The number of amides is 2. The number of nitrogens with zero attached hydrogens (tertiary/aromatic N) is 4. The second kappa shape index (κ2) is 12.8. The summed E-state index contributed by atoms with van der Waals surface area (Å²) in [6.07, 6.45) is 14.0. The van der Waals surface area contributed by atoms with Crippen molar-refractivity contribution in [3.05, 3.63) is 59.7 Å². The number of aliphatic hydroxyl groups is 1. The molecule has 0 atom stereocenters. The van der Waals surface area contributed by atoms with Crippen molar-refractivity contribution in [1.29, 1.82) is 0 Å². The summed E-state index contributed by atoms with van der Waals surface area (Å²) in [5, 5.41) is 9.56. The molecule has 1 aliphatic heterocycles. The van der Waals surface area contributed by atoms with Crippen molar-refractivity contribution in [2.75, 3.05) is 31.6 Å². The zero-order chi connectivity index (χ0) is 33.8. The number of oxazole rings is 1. The van der Waals surface area contributed by atoms with E-state index in [0.717, 1.165) is 68.6 Å². The number of β-amino-alcohol motifs (C(OH)–C–C–N with tert-alkyl or cyclic N) is 1. The van der Waals surface area contributed by atoms with Gasteiger partial charge in [-0.25, -0.2) is 14.8 Å². The van der Waals surface area contributed by atoms with Crippen molar-refractivity contribution < 1.29 is 28.6 Å². The summed E-state index contributed by atoms with van der Waals surface area (Å²) in [5.41, 5.74) is 3.70. The van der Waals surface area contributed by atoms with E-state index >= 15 is 0 Å². The van der Waals surface area contributed by atoms with E-state index in [0.29, 0.717) is 62.8 Å². The Morgan fingerprint density at radius 1 is 0.980 bits per heavy atom. The molecule has 6 fully saturated rings. The van der Waals surface area contributed by atoms with Crippen LogP contribution in [0.2, 0.25) is 0 Å². The summed E-state index contributed by atoms with van der Waals surface area (Å²) in [4.78, 5) is 39.9. The van der Waals surface area contributed by atoms with Crippen molar-refractivity contribution in [2.45, 2.75) is 108 Å². The first-order chi connectivity index (χ1) is 23.7. The smallest absolute Gasteiger partial charge is 0.410 e. The Kier molecular flexibility index (Phi) is 8.41. The summed E-state index contributed by atoms with van der Waals surface area (Å²) in [6.45, 7) is 3.43. The molecular weight excluding hydrogens is 620 g/mol. The highest BCUT2D eigenvalue weighted by Crippen LogP contribution is 2.58. The summed E-state index contributed by atoms with van der Waals surface area (Å²) >= 11 is 0. The van der Waals surface area contributed by atoms with Crippen LogP contribution in [0.15, 0.2) is 47.1 Å². The van der Waals surface area contributed by atoms with Gasteiger partial charge in [0.2, 0.25) is 5.91 Å². The summed E-state index contributed by atoms with van der Waals surface area (Å²) in [7, 11) is 1.73. The minimum absolute atomic E-state index is 0.0382. The van der Waals surface area contributed by atoms with Crippen LogP contribution in [-0.2, 0) is 14.9 Å². The summed E-state index contributed by atoms with van der Waals surface area (Å²) in [6, 6.07) is 10.6. The van der Waals surface area contributed by atoms with E-state index in [1.807, 2.05) is 17.0 Å². The summed E-state index contributed by atoms with van der Waals surface area (Å²) < 4.78 is 17.4. The predicted octanol–water partition coefficient (Wildman–Crippen LogP) is 6.93. The van der Waals surface area contributed by atoms with Crippen LogP contribution in [0.1, 0.15) is 100.0 Å². The van der Waals surface area contributed by atoms with Gasteiger partial charge in [-0.05, 0) is 124 Å². The van der Waals surface area contributed by atoms with Gasteiger partial charge in [0.25, 0.3) is 0 Å². The van der Waals surface area contributed by atoms with Crippen molar-refractivity contribution in [3.63, 3.8) is 0 Å². The molecule has 0 unspecified atom stereocenters. The average Bonchev–Trinajstić information content (AvgIpc) is 3.85. The lowest BCUT2D eigenvalue weighted by molar-refractivity contribution is -0.124. The maximum atomic E-state index is 14.6. The molecule has 10 heteroatoms. The minimum atomic E-state index is -0.459. The normalized spacial score (nSPS) is 28.2. The van der Waals surface area contributed by atoms with E-state index in [9.17, 15) is 14.7 Å². The van der Waals surface area contributed by atoms with Gasteiger partial charge in [0.15, 0.2) is 11.7 Å². The Morgan fingerprint density at radius 3 is 2.37 bits per heavy atom. The van der Waals surface area contributed by atoms with Crippen molar-refractivity contribution in [1.82, 2.24) is 14.9 Å². The van der Waals surface area contributed by atoms with E-state index < -0.39 is 6.10 Å². The number of likely N-dealkylation sites (tertiary alicyclic amines) is 1. The molecule has 5 aliphatic carbocycles. The number of aliphatic hydroxyl groups excluding tert-OH is 1. The first-order valence-corrected chi connectivity index (χ1v) is 18.3. The Labute approximate surface area is 288 Å². The quantitative estimate of drug-likeness (QED) is 0.261. The van der Waals surface area contributed by atoms with E-state index in [-0.39, 0.29) is 34.9 Å². The van der Waals surface area contributed by atoms with Crippen LogP contribution < -0.4 is 9.64 Å². The lowest BCUT2D eigenvalue weighted by Gasteiger charge is -2.55. The molecule has 260 valence electrons. The highest BCUT2D eigenvalue weighted by molar-refractivity contribution is 5.94. The zero-order valence-corrected chi connectivity index (χ0v) is 28.7. The highest BCUT2D eigenvalue weighted by Gasteiger charge is 2.51. The zero-order valence-electron chi connectivity index (χ0n) is 28.7. The van der Waals surface area contributed by atoms with E-state index in [1.54, 1.807) is 19.5 Å². The largest absolute Gasteiger partial charge is 0.496 e. The molecule has 1 saturated heterocycles. The molecule has 0 radical (unpaired) electrons. The summed E-state index contributed by atoms with van der Waals surface area (Å²) in [5.74, 6) is 3.47. The van der Waals surface area contributed by atoms with Crippen molar-refractivity contribution in [3.8, 4) is 17.1 Å². The highest BCUT2D eigenvalue weighted by atomic mass is 16.6. The van der Waals surface area contributed by atoms with Gasteiger partial charge in [-0.3, -0.25) is 9.69 Å². The Balaban J connectivity index is 1.01. The van der Waals surface area contributed by atoms with Crippen molar-refractivity contribution in [2.24, 2.45) is 11.3 Å². The van der Waals surface area contributed by atoms with Crippen LogP contribution >= 0.6 is 0 Å². The van der Waals surface area contributed by atoms with Gasteiger partial charge >= 0.3 is 6.09 Å². The molecule has 3 aromatic rings. The molecule has 2 aromatic heterocycles. The number of aryl methyl sites for hydroxylation is 1. The Hall–Kier alpha value is -3.92. The lowest BCUT2D eigenvalue weighted by Crippen LogP contribution is -2.54. The van der Waals surface area contributed by atoms with Gasteiger partial charge in [0, 0.05) is 30.1 Å². The first-order valence-electron chi connectivity index (χ1n) is 18.3. The minimum Gasteiger partial charge on any atom is -0.496 e. The number of rotatable bonds is 9. The molecule has 1 N–H and O–H groups in total. The third-order valence-electron chi connectivity index (χ3n) is 12.3. The number of carbonyl (C=O) groups is 2. The second-order valence-corrected chi connectivity index (χ2v) is 15.5. The maximum absolute atomic E-state index is 14.6. The molecule has 5 saturated carbocycles. The molecule has 2 amide bonds. The van der Waals surface area contributed by atoms with Crippen LogP contribution in [0.5, 0.6) is 5.75 Å². The standard InChI is InChI=1S/C39H48N4O6/c1-25-19-29(7-10-32(25)47-2)39-15-12-38(13-16-39,14-17-39)24-43(34-20-28(11-18-40-34)33-21-41-35(49-33)26-3-4-26)36(45)27-5-8-31(9-6-27)48-37(46)42-22-30(44)23-42/h7,10-11,18-21,26-27,30-31,44H,3-6,8-9,12-17,22-24H2,1-2H3. The fourth-order valence-corrected chi connectivity index (χ4v) is 8.88. The van der Waals surface area contributed by atoms with Crippen LogP contribution in [0.4, 0.5) is 10.6 Å². The molecule has 10 nitrogen and oxygen atoms in total. The predicted molar refractivity (Wildman–Crippen MR) is 183 cm³/mol. The van der Waals surface area contributed by atoms with Gasteiger partial charge in [-0.2, -0.15) is 0 Å². The van der Waals surface area contributed by atoms with Gasteiger partial charge in [-0.15, -0.1) is 0 Å². The van der Waals surface area contributed by atoms with E-state index in [4.69, 9.17) is 18.9 Å². The van der Waals surface area contributed by atoms with Crippen LogP contribution in [0.25, 0.3) is 11.3 Å². The van der Waals surface area contributed by atoms with E-state index in [1.165, 1.54) is 16.0 Å². The molecule has 49 heavy (non-hydrogen) atoms. The molecular formula is C39H48N4O6. The number of pyridine rings is 1. The number of hydrogen-bond acceptors (Lipinski definition) is 8. The van der Waals surface area contributed by atoms with Crippen LogP contribution in [0.3, 0.4) is 0 Å². The fourth-order valence-electron chi connectivity index (χ4n) is 8.88. The Bertz CT molecular complexity index is 1680. The van der Waals surface area contributed by atoms with Crippen molar-refractivity contribution >= 4 is 17.8 Å². The fraction of sp³-hybridized carbons (Fsp3) is 0.590. The lowest BCUT2D eigenvalue weighted by atomic mass is 9.51. The number of carbonyl (C=O) groups excluding carboxylic acids is 2. The molecule has 9 rings (SSSR count). The monoisotopic (exact) mass is 668 g/mol. The molecule has 2 bridgehead atoms. The topological polar surface area (TPSA) is 118 Å². The van der Waals surface area contributed by atoms with Crippen LogP contribution in [-0.4, -0.2) is 70.9 Å². The van der Waals surface area contributed by atoms with Gasteiger partial charge in [0.1, 0.15) is 17.7 Å². The number of ether oxygens (including phenoxy) is 2. The molecule has 1 aromatic carbocycles. The average molecular weight is 669 g/mol. The third-order valence-corrected chi connectivity index (χ3v) is 12.3. The van der Waals surface area contributed by atoms with Crippen LogP contribution in [0, 0.1) is 18.3 Å². The number of aromatic nitrogens is 2. The molecule has 0 spiro atoms. The SMILES string of the molecule is COc1ccc(C23CCC(CN(C(=O)C4CCC(OC(=O)N5CC(O)C5)CC4)c4cc(-c5cnc(C6CC6)o5)ccn4)(CC2)CC3)cc1C. The molecule has 6 aliphatic rings. The van der Waals surface area contributed by atoms with Gasteiger partial charge in [0.05, 0.1) is 32.5 Å².